The molecule has 0 atom stereocenters. The topological polar surface area (TPSA) is 56.1 Å². The fraction of sp³-hybridized carbons (Fsp3) is 0.0667. The molecule has 0 saturated carbocycles. The Morgan fingerprint density at radius 2 is 2.05 bits per heavy atom. The smallest absolute Gasteiger partial charge is 0.244 e. The third-order valence-corrected chi connectivity index (χ3v) is 3.55. The molecule has 1 amide bonds. The zero-order valence-corrected chi connectivity index (χ0v) is 12.0. The van der Waals surface area contributed by atoms with E-state index in [1.165, 1.54) is 0 Å². The van der Waals surface area contributed by atoms with Crippen LogP contribution in [-0.4, -0.2) is 12.5 Å². The number of hydrogen-bond acceptors (Lipinski definition) is 3. The van der Waals surface area contributed by atoms with Crippen molar-refractivity contribution in [2.45, 2.75) is 0 Å². The molecule has 0 spiro atoms. The van der Waals surface area contributed by atoms with Crippen LogP contribution >= 0.6 is 15.9 Å². The van der Waals surface area contributed by atoms with Gasteiger partial charge in [0.15, 0.2) is 0 Å². The van der Waals surface area contributed by atoms with Gasteiger partial charge in [-0.1, -0.05) is 28.1 Å². The molecule has 5 heteroatoms. The summed E-state index contributed by atoms with van der Waals surface area (Å²) in [4.78, 5) is 13.7. The highest BCUT2D eigenvalue weighted by atomic mass is 79.9. The lowest BCUT2D eigenvalue weighted by molar-refractivity contribution is -0.115. The highest BCUT2D eigenvalue weighted by molar-refractivity contribution is 9.10. The van der Waals surface area contributed by atoms with Gasteiger partial charge < -0.3 is 10.2 Å². The first-order valence-electron chi connectivity index (χ1n) is 6.04. The molecule has 0 aromatic heterocycles. The number of amides is 1. The molecule has 1 aliphatic rings. The van der Waals surface area contributed by atoms with Crippen molar-refractivity contribution in [2.24, 2.45) is 0 Å². The highest BCUT2D eigenvalue weighted by Crippen LogP contribution is 2.36. The molecule has 0 saturated heterocycles. The lowest BCUT2D eigenvalue weighted by Crippen LogP contribution is -2.35. The summed E-state index contributed by atoms with van der Waals surface area (Å²) in [6.07, 6.45) is 0. The van der Waals surface area contributed by atoms with Crippen molar-refractivity contribution in [2.75, 3.05) is 16.8 Å². The van der Waals surface area contributed by atoms with Crippen molar-refractivity contribution in [3.05, 3.63) is 52.5 Å². The molecule has 1 heterocycles. The van der Waals surface area contributed by atoms with E-state index in [2.05, 4.69) is 27.3 Å². The van der Waals surface area contributed by atoms with Crippen LogP contribution in [0.3, 0.4) is 0 Å². The molecule has 2 aromatic carbocycles. The Labute approximate surface area is 124 Å². The van der Waals surface area contributed by atoms with E-state index < -0.39 is 0 Å². The van der Waals surface area contributed by atoms with E-state index in [0.717, 1.165) is 21.5 Å². The molecular formula is C15H10BrN3O. The monoisotopic (exact) mass is 327 g/mol. The summed E-state index contributed by atoms with van der Waals surface area (Å²) < 4.78 is 0.815. The molecule has 0 radical (unpaired) electrons. The third-order valence-electron chi connectivity index (χ3n) is 3.09. The van der Waals surface area contributed by atoms with Gasteiger partial charge in [0.1, 0.15) is 6.54 Å². The number of fused-ring (bicyclic) bond motifs is 1. The van der Waals surface area contributed by atoms with Crippen molar-refractivity contribution in [3.63, 3.8) is 0 Å². The van der Waals surface area contributed by atoms with Crippen LogP contribution in [0.1, 0.15) is 5.56 Å². The van der Waals surface area contributed by atoms with Crippen LogP contribution < -0.4 is 10.2 Å². The molecular weight excluding hydrogens is 318 g/mol. The van der Waals surface area contributed by atoms with E-state index in [1.807, 2.05) is 35.2 Å². The molecule has 1 N–H and O–H groups in total. The van der Waals surface area contributed by atoms with Crippen molar-refractivity contribution >= 4 is 38.9 Å². The number of nitrogens with one attached hydrogen (secondary N) is 1. The number of rotatable bonds is 1. The van der Waals surface area contributed by atoms with Crippen molar-refractivity contribution in [3.8, 4) is 6.07 Å². The van der Waals surface area contributed by atoms with Crippen molar-refractivity contribution in [1.29, 1.82) is 5.26 Å². The zero-order chi connectivity index (χ0) is 14.1. The van der Waals surface area contributed by atoms with Crippen LogP contribution in [0.5, 0.6) is 0 Å². The Morgan fingerprint density at radius 3 is 2.85 bits per heavy atom. The van der Waals surface area contributed by atoms with Gasteiger partial charge in [-0.05, 0) is 30.3 Å². The molecule has 0 aliphatic carbocycles. The van der Waals surface area contributed by atoms with E-state index in [9.17, 15) is 4.79 Å². The zero-order valence-electron chi connectivity index (χ0n) is 10.4. The molecule has 98 valence electrons. The number of hydrogen-bond donors (Lipinski definition) is 1. The third kappa shape index (κ3) is 2.26. The van der Waals surface area contributed by atoms with E-state index in [4.69, 9.17) is 5.26 Å². The maximum absolute atomic E-state index is 11.8. The molecule has 0 unspecified atom stereocenters. The summed E-state index contributed by atoms with van der Waals surface area (Å²) >= 11 is 3.40. The number of nitrogens with zero attached hydrogens (tertiary/aromatic N) is 2. The summed E-state index contributed by atoms with van der Waals surface area (Å²) in [5, 5.41) is 11.9. The van der Waals surface area contributed by atoms with Gasteiger partial charge in [-0.3, -0.25) is 4.79 Å². The fourth-order valence-corrected chi connectivity index (χ4v) is 2.74. The van der Waals surface area contributed by atoms with Crippen molar-refractivity contribution < 1.29 is 4.79 Å². The minimum Gasteiger partial charge on any atom is -0.330 e. The molecule has 0 bridgehead atoms. The minimum atomic E-state index is -0.0674. The number of carbonyl (C=O) groups is 1. The molecule has 4 nitrogen and oxygen atoms in total. The van der Waals surface area contributed by atoms with Gasteiger partial charge >= 0.3 is 0 Å². The standard InChI is InChI=1S/C15H10BrN3O/c16-11-5-10(8-17)6-12(7-11)19-9-15(20)18-13-3-1-2-4-14(13)19/h1-7H,9H2,(H,18,20). The van der Waals surface area contributed by atoms with Crippen molar-refractivity contribution in [1.82, 2.24) is 0 Å². The number of anilines is 3. The fourth-order valence-electron chi connectivity index (χ4n) is 2.26. The highest BCUT2D eigenvalue weighted by Gasteiger charge is 2.23. The summed E-state index contributed by atoms with van der Waals surface area (Å²) in [7, 11) is 0. The molecule has 20 heavy (non-hydrogen) atoms. The summed E-state index contributed by atoms with van der Waals surface area (Å²) in [6.45, 7) is 0.234. The van der Waals surface area contributed by atoms with Crippen LogP contribution in [0, 0.1) is 11.3 Å². The second-order valence-corrected chi connectivity index (χ2v) is 5.38. The Balaban J connectivity index is 2.13. The van der Waals surface area contributed by atoms with E-state index >= 15 is 0 Å². The van der Waals surface area contributed by atoms with Crippen LogP contribution in [0.4, 0.5) is 17.1 Å². The summed E-state index contributed by atoms with van der Waals surface area (Å²) in [5.74, 6) is -0.0674. The second-order valence-electron chi connectivity index (χ2n) is 4.46. The first kappa shape index (κ1) is 12.7. The van der Waals surface area contributed by atoms with Crippen LogP contribution in [0.25, 0.3) is 0 Å². The van der Waals surface area contributed by atoms with Gasteiger partial charge in [0, 0.05) is 10.2 Å². The normalized spacial score (nSPS) is 13.4. The largest absolute Gasteiger partial charge is 0.330 e. The SMILES string of the molecule is N#Cc1cc(Br)cc(N2CC(=O)Nc3ccccc32)c1. The lowest BCUT2D eigenvalue weighted by Gasteiger charge is -2.31. The number of nitriles is 1. The van der Waals surface area contributed by atoms with Crippen LogP contribution in [-0.2, 0) is 4.79 Å². The number of benzene rings is 2. The van der Waals surface area contributed by atoms with Gasteiger partial charge in [-0.25, -0.2) is 0 Å². The molecule has 2 aromatic rings. The number of carbonyl (C=O) groups excluding carboxylic acids is 1. The first-order chi connectivity index (χ1) is 9.67. The predicted molar refractivity (Wildman–Crippen MR) is 80.9 cm³/mol. The number of para-hydroxylation sites is 2. The number of halogens is 1. The summed E-state index contributed by atoms with van der Waals surface area (Å²) in [6, 6.07) is 15.2. The Bertz CT molecular complexity index is 736. The van der Waals surface area contributed by atoms with Gasteiger partial charge in [-0.2, -0.15) is 5.26 Å². The quantitative estimate of drug-likeness (QED) is 0.873. The van der Waals surface area contributed by atoms with E-state index in [0.29, 0.717) is 5.56 Å². The van der Waals surface area contributed by atoms with E-state index in [-0.39, 0.29) is 12.5 Å². The van der Waals surface area contributed by atoms with Crippen LogP contribution in [0.2, 0.25) is 0 Å². The minimum absolute atomic E-state index is 0.0674. The predicted octanol–water partition coefficient (Wildman–Crippen LogP) is 3.41. The van der Waals surface area contributed by atoms with Gasteiger partial charge in [0.25, 0.3) is 0 Å². The lowest BCUT2D eigenvalue weighted by atomic mass is 10.1. The first-order valence-corrected chi connectivity index (χ1v) is 6.84. The average Bonchev–Trinajstić information content (AvgIpc) is 2.45. The second kappa shape index (κ2) is 4.99. The van der Waals surface area contributed by atoms with Gasteiger partial charge in [0.05, 0.1) is 23.0 Å². The maximum Gasteiger partial charge on any atom is 0.244 e. The Hall–Kier alpha value is -2.32. The maximum atomic E-state index is 11.8. The molecule has 0 fully saturated rings. The molecule has 3 rings (SSSR count). The Morgan fingerprint density at radius 1 is 1.25 bits per heavy atom. The van der Waals surface area contributed by atoms with E-state index in [1.54, 1.807) is 12.1 Å². The van der Waals surface area contributed by atoms with Gasteiger partial charge in [0.2, 0.25) is 5.91 Å². The van der Waals surface area contributed by atoms with Crippen LogP contribution in [0.15, 0.2) is 46.9 Å². The van der Waals surface area contributed by atoms with Gasteiger partial charge in [-0.15, -0.1) is 0 Å². The Kier molecular flexibility index (Phi) is 3.17. The molecule has 1 aliphatic heterocycles. The summed E-state index contributed by atoms with van der Waals surface area (Å²) in [5.41, 5.74) is 3.08. The average molecular weight is 328 g/mol.